The Morgan fingerprint density at radius 1 is 2.50 bits per heavy atom. The molecule has 0 spiro atoms. The lowest BCUT2D eigenvalue weighted by molar-refractivity contribution is 1.64. The van der Waals surface area contributed by atoms with Crippen molar-refractivity contribution >= 4 is 17.6 Å². The molecular formula is CH5NP2. The maximum absolute atomic E-state index is 6.20. The van der Waals surface area contributed by atoms with Crippen LogP contribution in [0.15, 0.2) is 0 Å². The first-order valence-corrected chi connectivity index (χ1v) is 2.77. The largest absolute Gasteiger partial charge is 0.284 e. The van der Waals surface area contributed by atoms with Gasteiger partial charge in [-0.05, 0) is 0 Å². The summed E-state index contributed by atoms with van der Waals surface area (Å²) in [6.45, 7) is 0. The van der Waals surface area contributed by atoms with E-state index in [1.807, 2.05) is 0 Å². The predicted molar refractivity (Wildman–Crippen MR) is 24.2 cm³/mol. The molecule has 0 saturated heterocycles. The lowest BCUT2D eigenvalue weighted by Crippen LogP contribution is -1.25. The van der Waals surface area contributed by atoms with Gasteiger partial charge in [-0.3, -0.25) is 5.15 Å². The molecule has 24 valence electrons. The fourth-order valence-corrected chi connectivity index (χ4v) is 0. The summed E-state index contributed by atoms with van der Waals surface area (Å²) in [6, 6.07) is 0. The lowest BCUT2D eigenvalue weighted by atomic mass is 11.9. The molecule has 0 aromatic rings. The van der Waals surface area contributed by atoms with Gasteiger partial charge in [0.15, 0.2) is 1.41 Å². The first-order chi connectivity index (χ1) is 2.41. The average Bonchev–Trinajstić information content (AvgIpc) is 1.41. The highest BCUT2D eigenvalue weighted by Gasteiger charge is 1.48. The third-order valence-electron chi connectivity index (χ3n) is 0.0816. The van der Waals surface area contributed by atoms with Crippen molar-refractivity contribution in [3.63, 3.8) is 0 Å². The smallest absolute Gasteiger partial charge is 0.192 e. The van der Waals surface area contributed by atoms with Gasteiger partial charge in [0, 0.05) is 14.3 Å². The van der Waals surface area contributed by atoms with Gasteiger partial charge >= 0.3 is 0 Å². The van der Waals surface area contributed by atoms with E-state index in [1.165, 1.54) is 0 Å². The first-order valence-electron chi connectivity index (χ1n) is 1.37. The second-order valence-electron chi connectivity index (χ2n) is 0.324. The molecule has 0 rings (SSSR count). The Morgan fingerprint density at radius 3 is 3.25 bits per heavy atom. The number of hydrogen-bond acceptors (Lipinski definition) is 1. The van der Waals surface area contributed by atoms with Crippen LogP contribution in [0.3, 0.4) is 0 Å². The highest BCUT2D eigenvalue weighted by Crippen LogP contribution is 1.95. The van der Waals surface area contributed by atoms with Crippen molar-refractivity contribution in [1.82, 2.24) is 0 Å². The minimum atomic E-state index is 0.835. The lowest BCUT2D eigenvalue weighted by Gasteiger charge is -1.55. The molecule has 1 N–H and O–H groups in total. The summed E-state index contributed by atoms with van der Waals surface area (Å²) in [7, 11) is 3.31. The third kappa shape index (κ3) is 2.53. The van der Waals surface area contributed by atoms with Crippen molar-refractivity contribution in [3.8, 4) is 0 Å². The standard InChI is InChI=1S/CH5NP2/c2-4-1-3/h2H,1,3H2/i/hD. The Labute approximate surface area is 31.1 Å². The fraction of sp³-hybridized carbons (Fsp3) is 1.00. The van der Waals surface area contributed by atoms with Gasteiger partial charge < -0.3 is 0 Å². The van der Waals surface area contributed by atoms with E-state index in [4.69, 9.17) is 1.41 Å². The average molecular weight is 94.0 g/mol. The van der Waals surface area contributed by atoms with Crippen LogP contribution in [0, 0.1) is 5.15 Å². The highest BCUT2D eigenvalue weighted by atomic mass is 31.1. The number of hydrogen-bond donors (Lipinski definition) is 1. The molecular weight excluding hydrogens is 88.0 g/mol. The number of nitrogens with one attached hydrogen (secondary N) is 1. The van der Waals surface area contributed by atoms with Crippen molar-refractivity contribution in [2.24, 2.45) is 0 Å². The number of rotatable bonds is 1. The van der Waals surface area contributed by atoms with Gasteiger partial charge in [-0.1, -0.05) is 0 Å². The quantitative estimate of drug-likeness (QED) is 0.476. The molecule has 0 bridgehead atoms. The molecule has 0 radical (unpaired) electrons. The van der Waals surface area contributed by atoms with E-state index in [1.54, 1.807) is 0 Å². The normalized spacial score (nSPS) is 12.8. The van der Waals surface area contributed by atoms with Crippen LogP contribution >= 0.6 is 17.6 Å². The molecule has 0 saturated carbocycles. The van der Waals surface area contributed by atoms with Gasteiger partial charge in [-0.25, -0.2) is 0 Å². The Kier molecular flexibility index (Phi) is 2.43. The van der Waals surface area contributed by atoms with Gasteiger partial charge in [-0.15, -0.1) is 9.24 Å². The molecule has 0 aromatic carbocycles. The van der Waals surface area contributed by atoms with Gasteiger partial charge in [0.05, 0.1) is 0 Å². The monoisotopic (exact) mass is 94.0 g/mol. The maximum Gasteiger partial charge on any atom is 0.192 e. The molecule has 1 atom stereocenters. The minimum Gasteiger partial charge on any atom is -0.284 e. The summed E-state index contributed by atoms with van der Waals surface area (Å²) in [5, 5.41) is 3.06. The van der Waals surface area contributed by atoms with Gasteiger partial charge in [-0.2, -0.15) is 0 Å². The van der Waals surface area contributed by atoms with Crippen LogP contribution in [0.1, 0.15) is 0 Å². The summed E-state index contributed by atoms with van der Waals surface area (Å²) in [5.74, 6) is 0.878. The van der Waals surface area contributed by atoms with Crippen LogP contribution in [0.2, 0.25) is 1.41 Å². The van der Waals surface area contributed by atoms with Crippen LogP contribution in [0.25, 0.3) is 0 Å². The Bertz CT molecular complexity index is 36.6. The zero-order valence-electron chi connectivity index (χ0n) is 3.18. The molecule has 1 nitrogen and oxygen atoms in total. The van der Waals surface area contributed by atoms with Crippen molar-refractivity contribution in [2.45, 2.75) is 0 Å². The van der Waals surface area contributed by atoms with Crippen molar-refractivity contribution < 1.29 is 1.41 Å². The molecule has 3 heteroatoms. The summed E-state index contributed by atoms with van der Waals surface area (Å²) >= 11 is 0. The second kappa shape index (κ2) is 3.53. The van der Waals surface area contributed by atoms with Crippen LogP contribution in [0.4, 0.5) is 0 Å². The zero-order valence-corrected chi connectivity index (χ0v) is 4.23. The van der Waals surface area contributed by atoms with Gasteiger partial charge in [0.1, 0.15) is 0 Å². The van der Waals surface area contributed by atoms with E-state index >= 15 is 0 Å². The molecule has 1 unspecified atom stereocenters. The summed E-state index contributed by atoms with van der Waals surface area (Å²) in [4.78, 5) is 0. The summed E-state index contributed by atoms with van der Waals surface area (Å²) < 4.78 is 6.20. The van der Waals surface area contributed by atoms with Crippen molar-refractivity contribution in [3.05, 3.63) is 0 Å². The van der Waals surface area contributed by atoms with Gasteiger partial charge in [0.2, 0.25) is 0 Å². The molecule has 0 aliphatic carbocycles. The molecule has 0 fully saturated rings. The molecule has 0 amide bonds. The highest BCUT2D eigenvalue weighted by molar-refractivity contribution is 7.40. The Hall–Kier alpha value is 0.530. The molecule has 0 aromatic heterocycles. The van der Waals surface area contributed by atoms with Crippen LogP contribution in [-0.4, -0.2) is 5.90 Å². The fourth-order valence-electron chi connectivity index (χ4n) is 0. The molecule has 0 heterocycles. The van der Waals surface area contributed by atoms with E-state index in [9.17, 15) is 0 Å². The van der Waals surface area contributed by atoms with Gasteiger partial charge in [0.25, 0.3) is 0 Å². The van der Waals surface area contributed by atoms with Crippen LogP contribution < -0.4 is 0 Å². The maximum atomic E-state index is 6.20. The minimum absolute atomic E-state index is 0.835. The second-order valence-corrected chi connectivity index (χ2v) is 2.07. The Morgan fingerprint density at radius 2 is 3.25 bits per heavy atom. The van der Waals surface area contributed by atoms with E-state index in [-0.39, 0.29) is 0 Å². The molecule has 0 aliphatic heterocycles. The van der Waals surface area contributed by atoms with Crippen molar-refractivity contribution in [1.29, 1.82) is 5.15 Å². The molecule has 0 aliphatic rings. The predicted octanol–water partition coefficient (Wildman–Crippen LogP) is 1.53. The first kappa shape index (κ1) is 2.75. The van der Waals surface area contributed by atoms with Crippen LogP contribution in [-0.2, 0) is 0 Å². The zero-order chi connectivity index (χ0) is 4.12. The van der Waals surface area contributed by atoms with Crippen molar-refractivity contribution in [2.75, 3.05) is 5.90 Å². The van der Waals surface area contributed by atoms with E-state index in [0.29, 0.717) is 0 Å². The third-order valence-corrected chi connectivity index (χ3v) is 0.735. The van der Waals surface area contributed by atoms with E-state index < -0.39 is 0 Å². The molecule has 4 heavy (non-hydrogen) atoms. The SMILES string of the molecule is [2H]/N=P/CP. The Balaban J connectivity index is 2.62. The summed E-state index contributed by atoms with van der Waals surface area (Å²) in [5.41, 5.74) is 0. The summed E-state index contributed by atoms with van der Waals surface area (Å²) in [6.07, 6.45) is 0. The van der Waals surface area contributed by atoms with E-state index in [2.05, 4.69) is 14.4 Å². The van der Waals surface area contributed by atoms with E-state index in [0.717, 1.165) is 14.3 Å². The topological polar surface area (TPSA) is 23.9 Å². The van der Waals surface area contributed by atoms with Crippen LogP contribution in [0.5, 0.6) is 0 Å².